The Bertz CT molecular complexity index is 429. The Balaban J connectivity index is 2.82. The molecule has 0 saturated carbocycles. The van der Waals surface area contributed by atoms with E-state index in [1.165, 1.54) is 17.8 Å². The number of thioether (sulfide) groups is 1. The van der Waals surface area contributed by atoms with Gasteiger partial charge in [-0.3, -0.25) is 0 Å². The first kappa shape index (κ1) is 13.3. The standard InChI is InChI=1S/C12H13BrFNS/c1-8(5-6-16-9(2)15)11-7-10(13)3-4-12(11)14/h3-5,7H,2,6,15H2,1H3/b8-5+. The van der Waals surface area contributed by atoms with Crippen LogP contribution in [0.25, 0.3) is 5.57 Å². The number of hydrogen-bond acceptors (Lipinski definition) is 2. The largest absolute Gasteiger partial charge is 0.394 e. The van der Waals surface area contributed by atoms with Gasteiger partial charge in [0.25, 0.3) is 0 Å². The lowest BCUT2D eigenvalue weighted by Crippen LogP contribution is -1.91. The summed E-state index contributed by atoms with van der Waals surface area (Å²) < 4.78 is 14.4. The van der Waals surface area contributed by atoms with E-state index >= 15 is 0 Å². The van der Waals surface area contributed by atoms with Gasteiger partial charge < -0.3 is 5.73 Å². The number of nitrogens with two attached hydrogens (primary N) is 1. The summed E-state index contributed by atoms with van der Waals surface area (Å²) in [7, 11) is 0. The van der Waals surface area contributed by atoms with Crippen LogP contribution in [0.1, 0.15) is 12.5 Å². The van der Waals surface area contributed by atoms with Crippen LogP contribution in [0.2, 0.25) is 0 Å². The Hall–Kier alpha value is -0.740. The van der Waals surface area contributed by atoms with Crippen LogP contribution in [0, 0.1) is 5.82 Å². The molecule has 0 bridgehead atoms. The maximum Gasteiger partial charge on any atom is 0.130 e. The van der Waals surface area contributed by atoms with Crippen molar-refractivity contribution in [1.29, 1.82) is 0 Å². The molecule has 0 aliphatic rings. The van der Waals surface area contributed by atoms with Crippen LogP contribution in [0.5, 0.6) is 0 Å². The van der Waals surface area contributed by atoms with Crippen LogP contribution < -0.4 is 5.73 Å². The highest BCUT2D eigenvalue weighted by Crippen LogP contribution is 2.23. The zero-order chi connectivity index (χ0) is 12.1. The van der Waals surface area contributed by atoms with Crippen LogP contribution >= 0.6 is 27.7 Å². The van der Waals surface area contributed by atoms with Crippen molar-refractivity contribution >= 4 is 33.3 Å². The average molecular weight is 302 g/mol. The Morgan fingerprint density at radius 1 is 1.62 bits per heavy atom. The molecule has 0 heterocycles. The summed E-state index contributed by atoms with van der Waals surface area (Å²) in [4.78, 5) is 0. The molecule has 0 aliphatic carbocycles. The molecule has 0 spiro atoms. The molecule has 1 aromatic rings. The van der Waals surface area contributed by atoms with Crippen molar-refractivity contribution in [3.63, 3.8) is 0 Å². The molecular weight excluding hydrogens is 289 g/mol. The minimum atomic E-state index is -0.214. The second-order valence-electron chi connectivity index (χ2n) is 3.29. The third-order valence-corrected chi connectivity index (χ3v) is 3.21. The topological polar surface area (TPSA) is 26.0 Å². The van der Waals surface area contributed by atoms with Gasteiger partial charge in [-0.15, -0.1) is 11.8 Å². The zero-order valence-corrected chi connectivity index (χ0v) is 11.4. The molecule has 0 saturated heterocycles. The van der Waals surface area contributed by atoms with E-state index in [0.29, 0.717) is 16.3 Å². The lowest BCUT2D eigenvalue weighted by atomic mass is 10.1. The molecule has 1 aromatic carbocycles. The number of allylic oxidation sites excluding steroid dienone is 1. The van der Waals surface area contributed by atoms with Gasteiger partial charge in [-0.2, -0.15) is 0 Å². The molecule has 0 atom stereocenters. The van der Waals surface area contributed by atoms with Crippen molar-refractivity contribution in [2.45, 2.75) is 6.92 Å². The van der Waals surface area contributed by atoms with E-state index in [2.05, 4.69) is 22.5 Å². The Morgan fingerprint density at radius 2 is 2.31 bits per heavy atom. The third-order valence-electron chi connectivity index (χ3n) is 2.01. The molecule has 2 N–H and O–H groups in total. The average Bonchev–Trinajstić information content (AvgIpc) is 2.21. The summed E-state index contributed by atoms with van der Waals surface area (Å²) >= 11 is 4.76. The first-order chi connectivity index (χ1) is 7.50. The highest BCUT2D eigenvalue weighted by Gasteiger charge is 2.04. The van der Waals surface area contributed by atoms with E-state index < -0.39 is 0 Å². The maximum atomic E-state index is 13.5. The van der Waals surface area contributed by atoms with Crippen molar-refractivity contribution in [1.82, 2.24) is 0 Å². The van der Waals surface area contributed by atoms with Crippen LogP contribution in [0.4, 0.5) is 4.39 Å². The van der Waals surface area contributed by atoms with Gasteiger partial charge in [0.15, 0.2) is 0 Å². The van der Waals surface area contributed by atoms with Crippen molar-refractivity contribution in [3.05, 3.63) is 51.7 Å². The first-order valence-corrected chi connectivity index (χ1v) is 6.48. The van der Waals surface area contributed by atoms with Gasteiger partial charge in [0.2, 0.25) is 0 Å². The minimum Gasteiger partial charge on any atom is -0.394 e. The molecule has 0 aliphatic heterocycles. The fourth-order valence-electron chi connectivity index (χ4n) is 1.18. The van der Waals surface area contributed by atoms with Crippen molar-refractivity contribution in [2.24, 2.45) is 5.73 Å². The number of halogens is 2. The van der Waals surface area contributed by atoms with Crippen LogP contribution in [0.3, 0.4) is 0 Å². The van der Waals surface area contributed by atoms with Gasteiger partial charge in [-0.1, -0.05) is 28.6 Å². The molecule has 16 heavy (non-hydrogen) atoms. The Kier molecular flexibility index (Phi) is 5.09. The number of benzene rings is 1. The lowest BCUT2D eigenvalue weighted by Gasteiger charge is -2.04. The molecule has 4 heteroatoms. The molecular formula is C12H13BrFNS. The van der Waals surface area contributed by atoms with Crippen LogP contribution in [0.15, 0.2) is 40.4 Å². The fraction of sp³-hybridized carbons (Fsp3) is 0.167. The summed E-state index contributed by atoms with van der Waals surface area (Å²) in [5.74, 6) is 0.487. The highest BCUT2D eigenvalue weighted by atomic mass is 79.9. The highest BCUT2D eigenvalue weighted by molar-refractivity contribution is 9.10. The maximum absolute atomic E-state index is 13.5. The van der Waals surface area contributed by atoms with Crippen LogP contribution in [-0.4, -0.2) is 5.75 Å². The predicted octanol–water partition coefficient (Wildman–Crippen LogP) is 4.15. The van der Waals surface area contributed by atoms with E-state index in [4.69, 9.17) is 5.73 Å². The van der Waals surface area contributed by atoms with Gasteiger partial charge in [0.1, 0.15) is 5.82 Å². The lowest BCUT2D eigenvalue weighted by molar-refractivity contribution is 0.623. The van der Waals surface area contributed by atoms with Gasteiger partial charge in [0.05, 0.1) is 5.03 Å². The number of hydrogen-bond donors (Lipinski definition) is 1. The quantitative estimate of drug-likeness (QED) is 0.904. The normalized spacial score (nSPS) is 11.6. The predicted molar refractivity (Wildman–Crippen MR) is 73.5 cm³/mol. The van der Waals surface area contributed by atoms with Gasteiger partial charge >= 0.3 is 0 Å². The van der Waals surface area contributed by atoms with E-state index in [1.807, 2.05) is 13.0 Å². The molecule has 0 amide bonds. The van der Waals surface area contributed by atoms with Crippen molar-refractivity contribution in [2.75, 3.05) is 5.75 Å². The molecule has 1 rings (SSSR count). The molecule has 0 radical (unpaired) electrons. The molecule has 0 fully saturated rings. The third kappa shape index (κ3) is 4.02. The SMILES string of the molecule is C=C(N)SC/C=C(\C)c1cc(Br)ccc1F. The summed E-state index contributed by atoms with van der Waals surface area (Å²) in [5.41, 5.74) is 6.93. The van der Waals surface area contributed by atoms with Crippen molar-refractivity contribution in [3.8, 4) is 0 Å². The Morgan fingerprint density at radius 3 is 2.94 bits per heavy atom. The summed E-state index contributed by atoms with van der Waals surface area (Å²) in [6.45, 7) is 5.47. The van der Waals surface area contributed by atoms with E-state index in [1.54, 1.807) is 12.1 Å². The number of rotatable bonds is 4. The second kappa shape index (κ2) is 6.11. The zero-order valence-electron chi connectivity index (χ0n) is 8.97. The van der Waals surface area contributed by atoms with E-state index in [0.717, 1.165) is 10.0 Å². The van der Waals surface area contributed by atoms with E-state index in [-0.39, 0.29) is 5.82 Å². The summed E-state index contributed by atoms with van der Waals surface area (Å²) in [5, 5.41) is 0.568. The minimum absolute atomic E-state index is 0.214. The molecule has 1 nitrogen and oxygen atoms in total. The fourth-order valence-corrected chi connectivity index (χ4v) is 2.09. The molecule has 0 unspecified atom stereocenters. The molecule has 0 aromatic heterocycles. The summed E-state index contributed by atoms with van der Waals surface area (Å²) in [6.07, 6.45) is 1.94. The second-order valence-corrected chi connectivity index (χ2v) is 5.35. The van der Waals surface area contributed by atoms with Crippen molar-refractivity contribution < 1.29 is 4.39 Å². The Labute approximate surface area is 108 Å². The van der Waals surface area contributed by atoms with Gasteiger partial charge in [0, 0.05) is 15.8 Å². The van der Waals surface area contributed by atoms with Gasteiger partial charge in [-0.05, 0) is 30.7 Å². The first-order valence-electron chi connectivity index (χ1n) is 4.70. The smallest absolute Gasteiger partial charge is 0.130 e. The molecule has 86 valence electrons. The van der Waals surface area contributed by atoms with E-state index in [9.17, 15) is 4.39 Å². The van der Waals surface area contributed by atoms with Crippen LogP contribution in [-0.2, 0) is 0 Å². The monoisotopic (exact) mass is 301 g/mol. The summed E-state index contributed by atoms with van der Waals surface area (Å²) in [6, 6.07) is 4.90. The van der Waals surface area contributed by atoms with Gasteiger partial charge in [-0.25, -0.2) is 4.39 Å².